The Balaban J connectivity index is 1.61. The Morgan fingerprint density at radius 2 is 2.09 bits per heavy atom. The van der Waals surface area contributed by atoms with Crippen LogP contribution in [0.1, 0.15) is 6.42 Å². The Hall–Kier alpha value is -1.89. The summed E-state index contributed by atoms with van der Waals surface area (Å²) in [5, 5.41) is 4.07. The van der Waals surface area contributed by atoms with E-state index in [-0.39, 0.29) is 11.7 Å². The number of halogens is 4. The molecule has 0 radical (unpaired) electrons. The molecule has 1 atom stereocenters. The predicted molar refractivity (Wildman–Crippen MR) is 80.8 cm³/mol. The average molecular weight is 327 g/mol. The van der Waals surface area contributed by atoms with Crippen LogP contribution in [0.2, 0.25) is 0 Å². The molecule has 124 valence electrons. The van der Waals surface area contributed by atoms with Crippen LogP contribution in [0.4, 0.5) is 23.2 Å². The quantitative estimate of drug-likeness (QED) is 0.869. The van der Waals surface area contributed by atoms with Gasteiger partial charge in [0.1, 0.15) is 5.82 Å². The lowest BCUT2D eigenvalue weighted by Gasteiger charge is -2.18. The highest BCUT2D eigenvalue weighted by Crippen LogP contribution is 2.25. The van der Waals surface area contributed by atoms with Crippen molar-refractivity contribution in [3.8, 4) is 0 Å². The van der Waals surface area contributed by atoms with Gasteiger partial charge in [0.15, 0.2) is 0 Å². The van der Waals surface area contributed by atoms with Crippen molar-refractivity contribution >= 4 is 16.6 Å². The number of aromatic nitrogens is 1. The van der Waals surface area contributed by atoms with E-state index in [1.54, 1.807) is 18.3 Å². The van der Waals surface area contributed by atoms with Crippen molar-refractivity contribution in [2.45, 2.75) is 12.6 Å². The average Bonchev–Trinajstić information content (AvgIpc) is 2.90. The van der Waals surface area contributed by atoms with E-state index in [0.29, 0.717) is 25.2 Å². The topological polar surface area (TPSA) is 28.2 Å². The molecule has 1 unspecified atom stereocenters. The Kier molecular flexibility index (Phi) is 4.39. The molecule has 23 heavy (non-hydrogen) atoms. The zero-order valence-corrected chi connectivity index (χ0v) is 12.4. The Morgan fingerprint density at radius 1 is 1.26 bits per heavy atom. The fourth-order valence-electron chi connectivity index (χ4n) is 3.01. The summed E-state index contributed by atoms with van der Waals surface area (Å²) in [6.45, 7) is 0.643. The van der Waals surface area contributed by atoms with Gasteiger partial charge in [-0.05, 0) is 37.1 Å². The summed E-state index contributed by atoms with van der Waals surface area (Å²) in [4.78, 5) is 5.56. The number of rotatable bonds is 4. The van der Waals surface area contributed by atoms with E-state index in [2.05, 4.69) is 10.3 Å². The smallest absolute Gasteiger partial charge is 0.384 e. The second-order valence-electron chi connectivity index (χ2n) is 5.91. The summed E-state index contributed by atoms with van der Waals surface area (Å²) in [5.74, 6) is -0.179. The number of pyridine rings is 1. The Labute approximate surface area is 131 Å². The molecule has 1 N–H and O–H groups in total. The predicted octanol–water partition coefficient (Wildman–Crippen LogP) is 3.67. The lowest BCUT2D eigenvalue weighted by molar-refractivity contribution is -0.143. The van der Waals surface area contributed by atoms with E-state index >= 15 is 0 Å². The van der Waals surface area contributed by atoms with Crippen LogP contribution in [-0.4, -0.2) is 42.2 Å². The number of alkyl halides is 3. The van der Waals surface area contributed by atoms with Gasteiger partial charge < -0.3 is 5.32 Å². The second-order valence-corrected chi connectivity index (χ2v) is 5.91. The second kappa shape index (κ2) is 6.31. The molecule has 1 fully saturated rings. The summed E-state index contributed by atoms with van der Waals surface area (Å²) in [5.41, 5.74) is 1.38. The number of anilines is 1. The first kappa shape index (κ1) is 16.0. The van der Waals surface area contributed by atoms with E-state index < -0.39 is 12.7 Å². The SMILES string of the molecule is Fc1ccc2c(NCC3CCN(CC(F)(F)F)C3)ccnc2c1. The molecule has 3 nitrogen and oxygen atoms in total. The van der Waals surface area contributed by atoms with Crippen molar-refractivity contribution in [2.24, 2.45) is 5.92 Å². The van der Waals surface area contributed by atoms with E-state index in [9.17, 15) is 17.6 Å². The fourth-order valence-corrected chi connectivity index (χ4v) is 3.01. The maximum atomic E-state index is 13.2. The lowest BCUT2D eigenvalue weighted by Crippen LogP contribution is -2.33. The normalized spacial score (nSPS) is 19.4. The highest BCUT2D eigenvalue weighted by Gasteiger charge is 2.34. The minimum atomic E-state index is -4.15. The van der Waals surface area contributed by atoms with Gasteiger partial charge in [0.05, 0.1) is 12.1 Å². The maximum absolute atomic E-state index is 13.2. The van der Waals surface area contributed by atoms with Crippen LogP contribution < -0.4 is 5.32 Å². The van der Waals surface area contributed by atoms with Crippen LogP contribution in [0.3, 0.4) is 0 Å². The highest BCUT2D eigenvalue weighted by atomic mass is 19.4. The van der Waals surface area contributed by atoms with Crippen LogP contribution in [-0.2, 0) is 0 Å². The molecule has 2 heterocycles. The van der Waals surface area contributed by atoms with E-state index in [1.807, 2.05) is 0 Å². The molecular formula is C16H17F4N3. The molecule has 0 saturated carbocycles. The Bertz CT molecular complexity index is 687. The molecule has 1 aromatic carbocycles. The minimum absolute atomic E-state index is 0.168. The van der Waals surface area contributed by atoms with Gasteiger partial charge in [-0.1, -0.05) is 0 Å². The first-order valence-corrected chi connectivity index (χ1v) is 7.48. The molecule has 0 amide bonds. The van der Waals surface area contributed by atoms with Crippen molar-refractivity contribution in [2.75, 3.05) is 31.5 Å². The highest BCUT2D eigenvalue weighted by molar-refractivity contribution is 5.90. The molecular weight excluding hydrogens is 310 g/mol. The summed E-state index contributed by atoms with van der Waals surface area (Å²) in [6.07, 6.45) is -1.82. The molecule has 7 heteroatoms. The summed E-state index contributed by atoms with van der Waals surface area (Å²) >= 11 is 0. The minimum Gasteiger partial charge on any atom is -0.384 e. The van der Waals surface area contributed by atoms with Crippen molar-refractivity contribution in [3.63, 3.8) is 0 Å². The van der Waals surface area contributed by atoms with E-state index in [0.717, 1.165) is 17.5 Å². The number of likely N-dealkylation sites (tertiary alicyclic amines) is 1. The number of nitrogens with one attached hydrogen (secondary N) is 1. The maximum Gasteiger partial charge on any atom is 0.401 e. The van der Waals surface area contributed by atoms with Gasteiger partial charge in [0.2, 0.25) is 0 Å². The zero-order chi connectivity index (χ0) is 16.4. The van der Waals surface area contributed by atoms with Gasteiger partial charge in [-0.3, -0.25) is 9.88 Å². The molecule has 0 bridgehead atoms. The number of benzene rings is 1. The molecule has 0 aliphatic carbocycles. The number of hydrogen-bond donors (Lipinski definition) is 1. The van der Waals surface area contributed by atoms with Gasteiger partial charge in [-0.2, -0.15) is 13.2 Å². The molecule has 2 aromatic rings. The van der Waals surface area contributed by atoms with Crippen LogP contribution in [0, 0.1) is 11.7 Å². The van der Waals surface area contributed by atoms with Crippen LogP contribution in [0.25, 0.3) is 10.9 Å². The molecule has 1 aromatic heterocycles. The third-order valence-corrected chi connectivity index (χ3v) is 4.06. The largest absolute Gasteiger partial charge is 0.401 e. The van der Waals surface area contributed by atoms with E-state index in [4.69, 9.17) is 0 Å². The molecule has 3 rings (SSSR count). The van der Waals surface area contributed by atoms with E-state index in [1.165, 1.54) is 17.0 Å². The molecule has 1 saturated heterocycles. The first-order chi connectivity index (χ1) is 10.9. The van der Waals surface area contributed by atoms with Crippen molar-refractivity contribution in [3.05, 3.63) is 36.3 Å². The summed E-state index contributed by atoms with van der Waals surface area (Å²) in [6, 6.07) is 6.18. The summed E-state index contributed by atoms with van der Waals surface area (Å²) in [7, 11) is 0. The van der Waals surface area contributed by atoms with Gasteiger partial charge in [0, 0.05) is 36.4 Å². The van der Waals surface area contributed by atoms with Gasteiger partial charge >= 0.3 is 6.18 Å². The summed E-state index contributed by atoms with van der Waals surface area (Å²) < 4.78 is 50.4. The molecule has 1 aliphatic rings. The van der Waals surface area contributed by atoms with Crippen molar-refractivity contribution < 1.29 is 17.6 Å². The fraction of sp³-hybridized carbons (Fsp3) is 0.438. The van der Waals surface area contributed by atoms with Gasteiger partial charge in [-0.25, -0.2) is 4.39 Å². The number of hydrogen-bond acceptors (Lipinski definition) is 3. The third-order valence-electron chi connectivity index (χ3n) is 4.06. The monoisotopic (exact) mass is 327 g/mol. The van der Waals surface area contributed by atoms with Crippen molar-refractivity contribution in [1.82, 2.24) is 9.88 Å². The Morgan fingerprint density at radius 3 is 2.87 bits per heavy atom. The first-order valence-electron chi connectivity index (χ1n) is 7.48. The lowest BCUT2D eigenvalue weighted by atomic mass is 10.1. The zero-order valence-electron chi connectivity index (χ0n) is 12.4. The van der Waals surface area contributed by atoms with Crippen LogP contribution in [0.15, 0.2) is 30.5 Å². The molecule has 1 aliphatic heterocycles. The van der Waals surface area contributed by atoms with Crippen LogP contribution >= 0.6 is 0 Å². The van der Waals surface area contributed by atoms with Crippen molar-refractivity contribution in [1.29, 1.82) is 0 Å². The standard InChI is InChI=1S/C16H17F4N3/c17-12-1-2-13-14(3-5-21-15(13)7-12)22-8-11-4-6-23(9-11)10-16(18,19)20/h1-3,5,7,11H,4,6,8-10H2,(H,21,22). The van der Waals surface area contributed by atoms with Crippen LogP contribution in [0.5, 0.6) is 0 Å². The van der Waals surface area contributed by atoms with Gasteiger partial charge in [0.25, 0.3) is 0 Å². The number of fused-ring (bicyclic) bond motifs is 1. The molecule has 0 spiro atoms. The van der Waals surface area contributed by atoms with Gasteiger partial charge in [-0.15, -0.1) is 0 Å². The third kappa shape index (κ3) is 4.10. The number of nitrogens with zero attached hydrogens (tertiary/aromatic N) is 2.